The molecule has 0 spiro atoms. The molecule has 1 amide bonds. The van der Waals surface area contributed by atoms with E-state index in [9.17, 15) is 14.7 Å². The molecule has 0 aliphatic heterocycles. The summed E-state index contributed by atoms with van der Waals surface area (Å²) in [5.74, 6) is -2.40. The number of hydrogen-bond acceptors (Lipinski definition) is 6. The Hall–Kier alpha value is -3.96. The number of aromatic carboxylic acids is 1. The summed E-state index contributed by atoms with van der Waals surface area (Å²) in [5.41, 5.74) is 2.20. The molecule has 3 rings (SSSR count). The summed E-state index contributed by atoms with van der Waals surface area (Å²) >= 11 is 1.04. The molecule has 0 bridgehead atoms. The first-order valence-corrected chi connectivity index (χ1v) is 9.27. The molecule has 0 unspecified atom stereocenters. The first-order valence-electron chi connectivity index (χ1n) is 8.39. The van der Waals surface area contributed by atoms with Gasteiger partial charge in [-0.3, -0.25) is 10.2 Å². The number of nitriles is 1. The minimum atomic E-state index is -1.21. The zero-order chi connectivity index (χ0) is 21.0. The number of nitrogens with zero attached hydrogens (tertiary/aromatic N) is 1. The first kappa shape index (κ1) is 19.8. The molecule has 0 radical (unpaired) electrons. The van der Waals surface area contributed by atoms with Crippen molar-refractivity contribution < 1.29 is 19.4 Å². The minimum absolute atomic E-state index is 0.0799. The third-order valence-electron chi connectivity index (χ3n) is 4.05. The maximum Gasteiger partial charge on any atom is 0.339 e. The van der Waals surface area contributed by atoms with Crippen molar-refractivity contribution in [2.75, 3.05) is 5.32 Å². The Labute approximate surface area is 170 Å². The van der Waals surface area contributed by atoms with E-state index in [1.807, 2.05) is 6.07 Å². The van der Waals surface area contributed by atoms with Crippen molar-refractivity contribution in [1.82, 2.24) is 0 Å². The minimum Gasteiger partial charge on any atom is -0.478 e. The van der Waals surface area contributed by atoms with E-state index in [0.29, 0.717) is 22.4 Å². The topological polar surface area (TPSA) is 123 Å². The maximum absolute atomic E-state index is 12.3. The molecule has 7 nitrogen and oxygen atoms in total. The zero-order valence-electron chi connectivity index (χ0n) is 15.2. The van der Waals surface area contributed by atoms with Gasteiger partial charge in [-0.25, -0.2) is 4.79 Å². The van der Waals surface area contributed by atoms with Crippen LogP contribution in [-0.2, 0) is 4.79 Å². The molecule has 0 fully saturated rings. The van der Waals surface area contributed by atoms with Crippen LogP contribution < -0.4 is 10.1 Å². The molecule has 0 atom stereocenters. The number of nitrogens with one attached hydrogen (secondary N) is 2. The molecule has 0 aliphatic rings. The van der Waals surface area contributed by atoms with Gasteiger partial charge in [-0.15, -0.1) is 11.3 Å². The van der Waals surface area contributed by atoms with E-state index in [2.05, 4.69) is 5.32 Å². The first-order chi connectivity index (χ1) is 13.9. The van der Waals surface area contributed by atoms with Crippen LogP contribution in [0.5, 0.6) is 5.75 Å². The average Bonchev–Trinajstić information content (AvgIpc) is 3.12. The number of thiophene rings is 1. The Balaban J connectivity index is 1.87. The van der Waals surface area contributed by atoms with Gasteiger partial charge < -0.3 is 15.2 Å². The Morgan fingerprint density at radius 3 is 2.52 bits per heavy atom. The molecule has 29 heavy (non-hydrogen) atoms. The van der Waals surface area contributed by atoms with Crippen molar-refractivity contribution in [2.45, 2.75) is 6.92 Å². The van der Waals surface area contributed by atoms with Gasteiger partial charge in [0.25, 0.3) is 5.90 Å². The summed E-state index contributed by atoms with van der Waals surface area (Å²) in [6, 6.07) is 15.4. The molecule has 1 aromatic heterocycles. The fourth-order valence-electron chi connectivity index (χ4n) is 2.71. The van der Waals surface area contributed by atoms with Crippen LogP contribution in [0, 0.1) is 23.7 Å². The Morgan fingerprint density at radius 1 is 1.17 bits per heavy atom. The number of aryl methyl sites for hydroxylation is 1. The van der Waals surface area contributed by atoms with Gasteiger partial charge in [-0.05, 0) is 42.3 Å². The van der Waals surface area contributed by atoms with Crippen LogP contribution in [0.15, 0.2) is 53.9 Å². The molecular formula is C21H15N3O4S. The van der Waals surface area contributed by atoms with Crippen molar-refractivity contribution in [1.29, 1.82) is 10.7 Å². The van der Waals surface area contributed by atoms with Crippen molar-refractivity contribution in [3.8, 4) is 22.9 Å². The summed E-state index contributed by atoms with van der Waals surface area (Å²) in [7, 11) is 0. The molecule has 0 aliphatic carbocycles. The van der Waals surface area contributed by atoms with E-state index < -0.39 is 17.8 Å². The molecule has 1 heterocycles. The normalized spacial score (nSPS) is 10.1. The lowest BCUT2D eigenvalue weighted by Gasteiger charge is -2.09. The molecule has 0 saturated heterocycles. The number of hydrogen-bond donors (Lipinski definition) is 3. The van der Waals surface area contributed by atoms with Crippen molar-refractivity contribution in [3.63, 3.8) is 0 Å². The highest BCUT2D eigenvalue weighted by molar-refractivity contribution is 7.15. The Morgan fingerprint density at radius 2 is 1.90 bits per heavy atom. The average molecular weight is 405 g/mol. The quantitative estimate of drug-likeness (QED) is 0.441. The molecule has 3 aromatic rings. The third kappa shape index (κ3) is 4.31. The fourth-order valence-corrected chi connectivity index (χ4v) is 3.66. The van der Waals surface area contributed by atoms with Crippen molar-refractivity contribution >= 4 is 34.1 Å². The number of carbonyl (C=O) groups excluding carboxylic acids is 1. The van der Waals surface area contributed by atoms with Crippen LogP contribution in [0.2, 0.25) is 0 Å². The molecular weight excluding hydrogens is 390 g/mol. The molecule has 0 saturated carbocycles. The highest BCUT2D eigenvalue weighted by Gasteiger charge is 2.23. The second-order valence-corrected chi connectivity index (χ2v) is 6.88. The van der Waals surface area contributed by atoms with Crippen molar-refractivity contribution in [3.05, 3.63) is 70.6 Å². The highest BCUT2D eigenvalue weighted by atomic mass is 32.1. The lowest BCUT2D eigenvalue weighted by molar-refractivity contribution is -0.111. The van der Waals surface area contributed by atoms with E-state index in [0.717, 1.165) is 16.9 Å². The lowest BCUT2D eigenvalue weighted by Crippen LogP contribution is -2.27. The fraction of sp³-hybridized carbons (Fsp3) is 0.0476. The Bertz CT molecular complexity index is 1150. The number of ether oxygens (including phenoxy) is 1. The van der Waals surface area contributed by atoms with Gasteiger partial charge >= 0.3 is 11.9 Å². The van der Waals surface area contributed by atoms with Gasteiger partial charge in [0.2, 0.25) is 0 Å². The van der Waals surface area contributed by atoms with Gasteiger partial charge in [-0.2, -0.15) is 5.26 Å². The highest BCUT2D eigenvalue weighted by Crippen LogP contribution is 2.37. The number of carbonyl (C=O) groups is 2. The van der Waals surface area contributed by atoms with Gasteiger partial charge in [0, 0.05) is 10.9 Å². The number of anilines is 1. The van der Waals surface area contributed by atoms with Crippen LogP contribution >= 0.6 is 11.3 Å². The second-order valence-electron chi connectivity index (χ2n) is 6.00. The number of carboxylic acids is 1. The van der Waals surface area contributed by atoms with Crippen LogP contribution in [0.4, 0.5) is 5.00 Å². The monoisotopic (exact) mass is 405 g/mol. The largest absolute Gasteiger partial charge is 0.478 e. The van der Waals surface area contributed by atoms with E-state index in [4.69, 9.17) is 15.4 Å². The van der Waals surface area contributed by atoms with E-state index in [1.54, 1.807) is 60.8 Å². The Kier molecular flexibility index (Phi) is 5.71. The van der Waals surface area contributed by atoms with E-state index >= 15 is 0 Å². The third-order valence-corrected chi connectivity index (χ3v) is 4.94. The van der Waals surface area contributed by atoms with Crippen LogP contribution in [0.1, 0.15) is 21.5 Å². The molecule has 2 aromatic carbocycles. The SMILES string of the molecule is Cc1cc(C#N)ccc1-c1csc(NC(=O)C(=N)Oc2ccccc2)c1C(=O)O. The van der Waals surface area contributed by atoms with E-state index in [1.165, 1.54) is 0 Å². The van der Waals surface area contributed by atoms with E-state index in [-0.39, 0.29) is 10.6 Å². The number of amides is 1. The maximum atomic E-state index is 12.3. The lowest BCUT2D eigenvalue weighted by atomic mass is 9.97. The summed E-state index contributed by atoms with van der Waals surface area (Å²) in [6.07, 6.45) is 0. The number of carboxylic acid groups (broad SMARTS) is 1. The number of benzene rings is 2. The predicted molar refractivity (Wildman–Crippen MR) is 110 cm³/mol. The van der Waals surface area contributed by atoms with Gasteiger partial charge in [0.1, 0.15) is 16.3 Å². The molecule has 144 valence electrons. The molecule has 3 N–H and O–H groups in total. The van der Waals surface area contributed by atoms with Crippen molar-refractivity contribution in [2.24, 2.45) is 0 Å². The summed E-state index contributed by atoms with van der Waals surface area (Å²) in [4.78, 5) is 24.2. The zero-order valence-corrected chi connectivity index (χ0v) is 16.0. The number of para-hydroxylation sites is 1. The smallest absolute Gasteiger partial charge is 0.339 e. The molecule has 8 heteroatoms. The standard InChI is InChI=1S/C21H15N3O4S/c1-12-9-13(10-22)7-8-15(12)16-11-29-20(17(16)21(26)27)24-19(25)18(23)28-14-5-3-2-4-6-14/h2-9,11,23H,1H3,(H,24,25)(H,26,27). The van der Waals surface area contributed by atoms with Crippen LogP contribution in [-0.4, -0.2) is 22.9 Å². The predicted octanol–water partition coefficient (Wildman–Crippen LogP) is 4.29. The summed E-state index contributed by atoms with van der Waals surface area (Å²) in [6.45, 7) is 1.78. The van der Waals surface area contributed by atoms with Crippen LogP contribution in [0.25, 0.3) is 11.1 Å². The van der Waals surface area contributed by atoms with Gasteiger partial charge in [0.05, 0.1) is 11.6 Å². The van der Waals surface area contributed by atoms with Gasteiger partial charge in [-0.1, -0.05) is 24.3 Å². The summed E-state index contributed by atoms with van der Waals surface area (Å²) < 4.78 is 5.18. The second kappa shape index (κ2) is 8.37. The van der Waals surface area contributed by atoms with Crippen LogP contribution in [0.3, 0.4) is 0 Å². The summed E-state index contributed by atoms with van der Waals surface area (Å²) in [5, 5.41) is 30.7. The van der Waals surface area contributed by atoms with Gasteiger partial charge in [0.15, 0.2) is 0 Å². The number of rotatable bonds is 4.